The minimum atomic E-state index is 0.144. The highest BCUT2D eigenvalue weighted by molar-refractivity contribution is 9.11. The van der Waals surface area contributed by atoms with Crippen LogP contribution >= 0.6 is 27.3 Å². The lowest BCUT2D eigenvalue weighted by molar-refractivity contribution is -0.112. The minimum absolute atomic E-state index is 0.144. The van der Waals surface area contributed by atoms with E-state index in [0.29, 0.717) is 0 Å². The first kappa shape index (κ1) is 29.4. The van der Waals surface area contributed by atoms with Gasteiger partial charge in [0.1, 0.15) is 0 Å². The highest BCUT2D eigenvalue weighted by Gasteiger charge is 2.12. The summed E-state index contributed by atoms with van der Waals surface area (Å²) in [5, 5.41) is 1.18. The van der Waals surface area contributed by atoms with Crippen LogP contribution in [0.25, 0.3) is 11.1 Å². The van der Waals surface area contributed by atoms with E-state index >= 15 is 0 Å². The first-order valence-corrected chi connectivity index (χ1v) is 14.6. The molecule has 1 rings (SSSR count). The fraction of sp³-hybridized carbons (Fsp3) is 0.690. The highest BCUT2D eigenvalue weighted by Crippen LogP contribution is 2.26. The third-order valence-electron chi connectivity index (χ3n) is 6.79. The molecule has 32 heavy (non-hydrogen) atoms. The maximum Gasteiger partial charge on any atom is 0.156 e. The predicted molar refractivity (Wildman–Crippen MR) is 149 cm³/mol. The number of hydrogen-bond acceptors (Lipinski definition) is 2. The van der Waals surface area contributed by atoms with Crippen molar-refractivity contribution in [3.05, 3.63) is 31.8 Å². The molecule has 0 bridgehead atoms. The summed E-state index contributed by atoms with van der Waals surface area (Å²) in [7, 11) is 0. The molecule has 0 saturated carbocycles. The number of ketones is 1. The number of Topliss-reactive ketones (excluding diaryl/α,β-unsaturated/α-hetero) is 1. The Labute approximate surface area is 210 Å². The van der Waals surface area contributed by atoms with Crippen molar-refractivity contribution in [2.75, 3.05) is 0 Å². The molecule has 182 valence electrons. The molecule has 0 spiro atoms. The zero-order chi connectivity index (χ0) is 23.9. The van der Waals surface area contributed by atoms with E-state index in [1.807, 2.05) is 6.92 Å². The molecule has 0 fully saturated rings. The topological polar surface area (TPSA) is 17.1 Å². The number of hydrogen-bond donors (Lipinski definition) is 0. The lowest BCUT2D eigenvalue weighted by Gasteiger charge is -2.18. The van der Waals surface area contributed by atoms with E-state index in [-0.39, 0.29) is 5.78 Å². The molecule has 0 aliphatic heterocycles. The zero-order valence-electron chi connectivity index (χ0n) is 21.5. The SMILES string of the molecule is C=C(CCC(CCCCCC)CCCCCCCC)C(C)=c1cc(Br)sc1=C(C)C(C)=O. The Balaban J connectivity index is 2.80. The molecule has 0 aliphatic carbocycles. The van der Waals surface area contributed by atoms with Gasteiger partial charge in [0.25, 0.3) is 0 Å². The van der Waals surface area contributed by atoms with E-state index < -0.39 is 0 Å². The van der Waals surface area contributed by atoms with Gasteiger partial charge in [-0.25, -0.2) is 0 Å². The third-order valence-corrected chi connectivity index (χ3v) is 8.55. The number of allylic oxidation sites excluding steroid dienone is 1. The van der Waals surface area contributed by atoms with Crippen LogP contribution in [0.2, 0.25) is 0 Å². The Hall–Kier alpha value is -0.670. The molecule has 1 heterocycles. The summed E-state index contributed by atoms with van der Waals surface area (Å²) >= 11 is 5.28. The summed E-state index contributed by atoms with van der Waals surface area (Å²) in [6.45, 7) is 14.8. The Morgan fingerprint density at radius 2 is 1.41 bits per heavy atom. The molecular weight excluding hydrogens is 476 g/mol. The lowest BCUT2D eigenvalue weighted by Crippen LogP contribution is -2.25. The van der Waals surface area contributed by atoms with Crippen LogP contribution in [0.15, 0.2) is 22.0 Å². The third kappa shape index (κ3) is 11.0. The standard InChI is InChI=1S/C29H47BrOS/c1-7-9-11-13-14-16-18-26(17-15-12-10-8-2)20-19-22(3)23(4)27-21-28(30)32-29(27)24(5)25(6)31/h21,26H,3,7-20H2,1-2,4-6H3. The van der Waals surface area contributed by atoms with Gasteiger partial charge in [-0.1, -0.05) is 103 Å². The van der Waals surface area contributed by atoms with Gasteiger partial charge in [-0.05, 0) is 72.3 Å². The summed E-state index contributed by atoms with van der Waals surface area (Å²) in [4.78, 5) is 12.0. The number of rotatable bonds is 17. The van der Waals surface area contributed by atoms with Gasteiger partial charge in [0, 0.05) is 10.1 Å². The summed E-state index contributed by atoms with van der Waals surface area (Å²) in [6.07, 6.45) is 18.8. The Bertz CT molecular complexity index is 817. The quantitative estimate of drug-likeness (QED) is 0.186. The molecule has 0 amide bonds. The van der Waals surface area contributed by atoms with Gasteiger partial charge in [0.15, 0.2) is 5.78 Å². The molecule has 0 N–H and O–H groups in total. The van der Waals surface area contributed by atoms with E-state index in [1.165, 1.54) is 99.8 Å². The Morgan fingerprint density at radius 3 is 1.97 bits per heavy atom. The van der Waals surface area contributed by atoms with E-state index in [0.717, 1.165) is 26.2 Å². The van der Waals surface area contributed by atoms with E-state index in [1.54, 1.807) is 18.3 Å². The lowest BCUT2D eigenvalue weighted by atomic mass is 9.88. The fourth-order valence-corrected chi connectivity index (χ4v) is 6.05. The van der Waals surface area contributed by atoms with Crippen LogP contribution in [0.1, 0.15) is 125 Å². The fourth-order valence-electron chi connectivity index (χ4n) is 4.34. The van der Waals surface area contributed by atoms with Crippen molar-refractivity contribution in [2.24, 2.45) is 5.92 Å². The van der Waals surface area contributed by atoms with Crippen molar-refractivity contribution >= 4 is 44.2 Å². The molecule has 1 aromatic rings. The molecule has 1 atom stereocenters. The summed E-state index contributed by atoms with van der Waals surface area (Å²) in [5.74, 6) is 0.965. The first-order valence-electron chi connectivity index (χ1n) is 13.0. The molecular formula is C29H47BrOS. The van der Waals surface area contributed by atoms with Crippen LogP contribution in [-0.4, -0.2) is 5.78 Å². The summed E-state index contributed by atoms with van der Waals surface area (Å²) in [5.41, 5.74) is 3.32. The van der Waals surface area contributed by atoms with Crippen molar-refractivity contribution < 1.29 is 4.79 Å². The van der Waals surface area contributed by atoms with Crippen molar-refractivity contribution in [1.29, 1.82) is 0 Å². The second kappa shape index (κ2) is 16.9. The van der Waals surface area contributed by atoms with Crippen molar-refractivity contribution in [3.63, 3.8) is 0 Å². The number of carbonyl (C=O) groups excluding carboxylic acids is 1. The smallest absolute Gasteiger partial charge is 0.156 e. The average Bonchev–Trinajstić information content (AvgIpc) is 3.16. The molecule has 1 unspecified atom stereocenters. The van der Waals surface area contributed by atoms with Crippen LogP contribution in [0, 0.1) is 5.92 Å². The normalized spacial score (nSPS) is 14.3. The summed E-state index contributed by atoms with van der Waals surface area (Å²) < 4.78 is 2.17. The molecule has 0 aromatic carbocycles. The first-order chi connectivity index (χ1) is 15.3. The van der Waals surface area contributed by atoms with Crippen LogP contribution in [0.3, 0.4) is 0 Å². The van der Waals surface area contributed by atoms with Gasteiger partial charge < -0.3 is 0 Å². The molecule has 1 nitrogen and oxygen atoms in total. The van der Waals surface area contributed by atoms with E-state index in [2.05, 4.69) is 49.3 Å². The van der Waals surface area contributed by atoms with Crippen molar-refractivity contribution in [2.45, 2.75) is 125 Å². The van der Waals surface area contributed by atoms with Gasteiger partial charge in [-0.2, -0.15) is 0 Å². The van der Waals surface area contributed by atoms with Gasteiger partial charge in [-0.3, -0.25) is 4.79 Å². The molecule has 1 aromatic heterocycles. The molecule has 0 aliphatic rings. The largest absolute Gasteiger partial charge is 0.295 e. The number of carbonyl (C=O) groups is 1. The van der Waals surface area contributed by atoms with Crippen LogP contribution < -0.4 is 9.75 Å². The van der Waals surface area contributed by atoms with Gasteiger partial charge >= 0.3 is 0 Å². The Morgan fingerprint density at radius 1 is 0.875 bits per heavy atom. The molecule has 0 radical (unpaired) electrons. The molecule has 0 saturated heterocycles. The van der Waals surface area contributed by atoms with Gasteiger partial charge in [-0.15, -0.1) is 11.3 Å². The molecule has 3 heteroatoms. The van der Waals surface area contributed by atoms with E-state index in [4.69, 9.17) is 0 Å². The minimum Gasteiger partial charge on any atom is -0.295 e. The van der Waals surface area contributed by atoms with Gasteiger partial charge in [0.2, 0.25) is 0 Å². The zero-order valence-corrected chi connectivity index (χ0v) is 23.9. The van der Waals surface area contributed by atoms with Crippen molar-refractivity contribution in [1.82, 2.24) is 0 Å². The number of unbranched alkanes of at least 4 members (excludes halogenated alkanes) is 8. The van der Waals surface area contributed by atoms with Crippen LogP contribution in [0.4, 0.5) is 0 Å². The number of halogens is 1. The monoisotopic (exact) mass is 522 g/mol. The Kier molecular flexibility index (Phi) is 15.5. The maximum absolute atomic E-state index is 12.0. The maximum atomic E-state index is 12.0. The highest BCUT2D eigenvalue weighted by atomic mass is 79.9. The predicted octanol–water partition coefficient (Wildman–Crippen LogP) is 9.11. The van der Waals surface area contributed by atoms with Gasteiger partial charge in [0.05, 0.1) is 3.79 Å². The summed E-state index contributed by atoms with van der Waals surface area (Å²) in [6, 6.07) is 2.16. The van der Waals surface area contributed by atoms with Crippen LogP contribution in [-0.2, 0) is 4.79 Å². The van der Waals surface area contributed by atoms with E-state index in [9.17, 15) is 4.79 Å². The van der Waals surface area contributed by atoms with Crippen LogP contribution in [0.5, 0.6) is 0 Å². The second-order valence-electron chi connectivity index (χ2n) is 9.51. The number of thiophene rings is 1. The second-order valence-corrected chi connectivity index (χ2v) is 11.9. The van der Waals surface area contributed by atoms with Crippen molar-refractivity contribution in [3.8, 4) is 0 Å². The average molecular weight is 524 g/mol.